The van der Waals surface area contributed by atoms with Crippen LogP contribution in [0.15, 0.2) is 29.8 Å². The molecule has 12 heavy (non-hydrogen) atoms. The van der Waals surface area contributed by atoms with Crippen molar-refractivity contribution in [2.45, 2.75) is 13.3 Å². The number of allylic oxidation sites excluding steroid dienone is 1. The van der Waals surface area contributed by atoms with Crippen molar-refractivity contribution < 1.29 is 5.11 Å². The van der Waals surface area contributed by atoms with E-state index in [1.54, 1.807) is 6.07 Å². The van der Waals surface area contributed by atoms with Crippen LogP contribution in [0.2, 0.25) is 0 Å². The Hall–Kier alpha value is -0.950. The van der Waals surface area contributed by atoms with Crippen molar-refractivity contribution in [3.63, 3.8) is 0 Å². The van der Waals surface area contributed by atoms with Gasteiger partial charge in [-0.1, -0.05) is 35.9 Å². The van der Waals surface area contributed by atoms with Crippen molar-refractivity contribution in [1.29, 1.82) is 0 Å². The van der Waals surface area contributed by atoms with Crippen LogP contribution in [-0.2, 0) is 6.42 Å². The Morgan fingerprint density at radius 2 is 2.25 bits per heavy atom. The maximum Gasteiger partial charge on any atom is 0.119 e. The first kappa shape index (κ1) is 9.14. The summed E-state index contributed by atoms with van der Waals surface area (Å²) in [5, 5.41) is 9.92. The number of hydrogen-bond acceptors (Lipinski definition) is 1. The van der Waals surface area contributed by atoms with Gasteiger partial charge in [-0.05, 0) is 18.6 Å². The number of phenolic OH excluding ortho intramolecular Hbond substituents is 1. The molecule has 0 aromatic heterocycles. The molecule has 0 aliphatic heterocycles. The quantitative estimate of drug-likeness (QED) is 0.746. The van der Waals surface area contributed by atoms with Crippen LogP contribution in [-0.4, -0.2) is 5.11 Å². The van der Waals surface area contributed by atoms with Crippen LogP contribution < -0.4 is 0 Å². The van der Waals surface area contributed by atoms with Crippen LogP contribution in [0.3, 0.4) is 0 Å². The molecule has 0 aliphatic rings. The van der Waals surface area contributed by atoms with Gasteiger partial charge in [0.05, 0.1) is 0 Å². The summed E-state index contributed by atoms with van der Waals surface area (Å²) in [5.74, 6) is 0.280. The predicted molar refractivity (Wildman–Crippen MR) is 51.5 cm³/mol. The highest BCUT2D eigenvalue weighted by molar-refractivity contribution is 6.29. The Kier molecular flexibility index (Phi) is 2.77. The average Bonchev–Trinajstić information content (AvgIpc) is 1.96. The van der Waals surface area contributed by atoms with Crippen molar-refractivity contribution in [1.82, 2.24) is 0 Å². The summed E-state index contributed by atoms with van der Waals surface area (Å²) in [6.45, 7) is 5.55. The highest BCUT2D eigenvalue weighted by atomic mass is 35.5. The maximum absolute atomic E-state index is 9.38. The van der Waals surface area contributed by atoms with Crippen LogP contribution in [0.5, 0.6) is 5.75 Å². The van der Waals surface area contributed by atoms with Crippen molar-refractivity contribution in [3.05, 3.63) is 40.9 Å². The third-order valence-electron chi connectivity index (χ3n) is 1.62. The molecule has 1 aromatic carbocycles. The van der Waals surface area contributed by atoms with Gasteiger partial charge in [0.25, 0.3) is 0 Å². The SMILES string of the molecule is C=C(Cl)Cc1cc(C)ccc1O. The molecule has 64 valence electrons. The number of aromatic hydroxyl groups is 1. The van der Waals surface area contributed by atoms with E-state index in [4.69, 9.17) is 11.6 Å². The second-order valence-corrected chi connectivity index (χ2v) is 3.36. The topological polar surface area (TPSA) is 20.2 Å². The van der Waals surface area contributed by atoms with E-state index >= 15 is 0 Å². The summed E-state index contributed by atoms with van der Waals surface area (Å²) >= 11 is 5.63. The van der Waals surface area contributed by atoms with Crippen LogP contribution in [0.1, 0.15) is 11.1 Å². The fourth-order valence-corrected chi connectivity index (χ4v) is 1.21. The first-order valence-electron chi connectivity index (χ1n) is 3.71. The number of benzene rings is 1. The smallest absolute Gasteiger partial charge is 0.119 e. The number of hydrogen-bond donors (Lipinski definition) is 1. The zero-order valence-corrected chi connectivity index (χ0v) is 7.73. The first-order valence-corrected chi connectivity index (χ1v) is 4.09. The highest BCUT2D eigenvalue weighted by Gasteiger charge is 2.01. The van der Waals surface area contributed by atoms with E-state index in [0.717, 1.165) is 11.1 Å². The Labute approximate surface area is 77.3 Å². The predicted octanol–water partition coefficient (Wildman–Crippen LogP) is 3.00. The molecule has 0 aliphatic carbocycles. The highest BCUT2D eigenvalue weighted by Crippen LogP contribution is 2.21. The lowest BCUT2D eigenvalue weighted by Crippen LogP contribution is -1.86. The summed E-state index contributed by atoms with van der Waals surface area (Å²) in [6, 6.07) is 5.43. The third-order valence-corrected chi connectivity index (χ3v) is 1.75. The largest absolute Gasteiger partial charge is 0.508 e. The van der Waals surface area contributed by atoms with Gasteiger partial charge in [-0.25, -0.2) is 0 Å². The van der Waals surface area contributed by atoms with Crippen molar-refractivity contribution in [3.8, 4) is 5.75 Å². The fraction of sp³-hybridized carbons (Fsp3) is 0.200. The zero-order valence-electron chi connectivity index (χ0n) is 6.97. The van der Waals surface area contributed by atoms with E-state index in [2.05, 4.69) is 6.58 Å². The zero-order chi connectivity index (χ0) is 9.14. The molecule has 0 amide bonds. The molecular formula is C10H11ClO. The number of rotatable bonds is 2. The molecule has 2 heteroatoms. The lowest BCUT2D eigenvalue weighted by atomic mass is 10.1. The van der Waals surface area contributed by atoms with Crippen molar-refractivity contribution in [2.24, 2.45) is 0 Å². The monoisotopic (exact) mass is 182 g/mol. The molecule has 0 spiro atoms. The van der Waals surface area contributed by atoms with Crippen LogP contribution in [0, 0.1) is 6.92 Å². The van der Waals surface area contributed by atoms with E-state index in [0.29, 0.717) is 11.5 Å². The van der Waals surface area contributed by atoms with E-state index in [-0.39, 0.29) is 5.75 Å². The Morgan fingerprint density at radius 1 is 1.58 bits per heavy atom. The molecule has 1 aromatic rings. The van der Waals surface area contributed by atoms with Gasteiger partial charge in [0.2, 0.25) is 0 Å². The Balaban J connectivity index is 2.97. The van der Waals surface area contributed by atoms with Gasteiger partial charge in [-0.3, -0.25) is 0 Å². The van der Waals surface area contributed by atoms with E-state index in [1.165, 1.54) is 0 Å². The Bertz CT molecular complexity index is 305. The second kappa shape index (κ2) is 3.63. The van der Waals surface area contributed by atoms with Gasteiger partial charge >= 0.3 is 0 Å². The van der Waals surface area contributed by atoms with Crippen molar-refractivity contribution in [2.75, 3.05) is 0 Å². The third kappa shape index (κ3) is 2.28. The standard InChI is InChI=1S/C10H11ClO/c1-7-3-4-10(12)9(5-7)6-8(2)11/h3-5,12H,2,6H2,1H3. The van der Waals surface area contributed by atoms with Crippen molar-refractivity contribution >= 4 is 11.6 Å². The number of halogens is 1. The number of aryl methyl sites for hydroxylation is 1. The minimum atomic E-state index is 0.280. The summed E-state index contributed by atoms with van der Waals surface area (Å²) in [5.41, 5.74) is 1.94. The molecule has 0 atom stereocenters. The maximum atomic E-state index is 9.38. The minimum Gasteiger partial charge on any atom is -0.508 e. The minimum absolute atomic E-state index is 0.280. The molecular weight excluding hydrogens is 172 g/mol. The summed E-state index contributed by atoms with van der Waals surface area (Å²) in [4.78, 5) is 0. The van der Waals surface area contributed by atoms with E-state index < -0.39 is 0 Å². The molecule has 1 rings (SSSR count). The number of phenols is 1. The molecule has 0 saturated carbocycles. The fourth-order valence-electron chi connectivity index (χ4n) is 1.06. The van der Waals surface area contributed by atoms with Gasteiger partial charge < -0.3 is 5.11 Å². The lowest BCUT2D eigenvalue weighted by molar-refractivity contribution is 0.469. The van der Waals surface area contributed by atoms with E-state index in [1.807, 2.05) is 19.1 Å². The van der Waals surface area contributed by atoms with Gasteiger partial charge in [0, 0.05) is 11.5 Å². The molecule has 0 radical (unpaired) electrons. The van der Waals surface area contributed by atoms with Gasteiger partial charge in [-0.15, -0.1) is 0 Å². The first-order chi connectivity index (χ1) is 5.59. The second-order valence-electron chi connectivity index (χ2n) is 2.83. The van der Waals surface area contributed by atoms with Gasteiger partial charge in [0.1, 0.15) is 5.75 Å². The average molecular weight is 183 g/mol. The van der Waals surface area contributed by atoms with Crippen LogP contribution in [0.25, 0.3) is 0 Å². The van der Waals surface area contributed by atoms with Crippen LogP contribution in [0.4, 0.5) is 0 Å². The molecule has 1 N–H and O–H groups in total. The molecule has 0 bridgehead atoms. The lowest BCUT2D eigenvalue weighted by Gasteiger charge is -2.03. The molecule has 1 nitrogen and oxygen atoms in total. The Morgan fingerprint density at radius 3 is 2.83 bits per heavy atom. The molecule has 0 heterocycles. The normalized spacial score (nSPS) is 9.83. The van der Waals surface area contributed by atoms with Gasteiger partial charge in [-0.2, -0.15) is 0 Å². The summed E-state index contributed by atoms with van der Waals surface area (Å²) in [6.07, 6.45) is 0.523. The van der Waals surface area contributed by atoms with Crippen LogP contribution >= 0.6 is 11.6 Å². The molecule has 0 saturated heterocycles. The molecule has 0 unspecified atom stereocenters. The molecule has 0 fully saturated rings. The summed E-state index contributed by atoms with van der Waals surface area (Å²) in [7, 11) is 0. The van der Waals surface area contributed by atoms with Gasteiger partial charge in [0.15, 0.2) is 0 Å². The van der Waals surface area contributed by atoms with E-state index in [9.17, 15) is 5.11 Å². The summed E-state index contributed by atoms with van der Waals surface area (Å²) < 4.78 is 0.